The number of amides is 1. The van der Waals surface area contributed by atoms with Gasteiger partial charge in [0.15, 0.2) is 0 Å². The monoisotopic (exact) mass is 234 g/mol. The number of carbonyl (C=O) groups is 1. The third-order valence-corrected chi connectivity index (χ3v) is 3.33. The van der Waals surface area contributed by atoms with Gasteiger partial charge in [-0.05, 0) is 30.5 Å². The lowest BCUT2D eigenvalue weighted by Gasteiger charge is -2.19. The Kier molecular flexibility index (Phi) is 3.22. The zero-order valence-corrected chi connectivity index (χ0v) is 10.0. The van der Waals surface area contributed by atoms with Crippen molar-refractivity contribution in [3.8, 4) is 5.75 Å². The van der Waals surface area contributed by atoms with Crippen molar-refractivity contribution in [1.82, 2.24) is 0 Å². The zero-order valence-electron chi connectivity index (χ0n) is 10.0. The number of primary amides is 1. The number of carbonyl (C=O) groups excluding carboxylic acids is 1. The standard InChI is InChI=1S/C13H18N2O2/c1-2-9-5-11(7-12(16)6-9)15-4-3-10(8-15)13(14)17/h5-7,10,16H,2-4,8H2,1H3,(H2,14,17). The topological polar surface area (TPSA) is 66.6 Å². The Hall–Kier alpha value is -1.71. The summed E-state index contributed by atoms with van der Waals surface area (Å²) in [6.45, 7) is 3.52. The van der Waals surface area contributed by atoms with E-state index in [-0.39, 0.29) is 17.6 Å². The van der Waals surface area contributed by atoms with Crippen LogP contribution in [-0.2, 0) is 11.2 Å². The highest BCUT2D eigenvalue weighted by molar-refractivity contribution is 5.78. The second-order valence-electron chi connectivity index (χ2n) is 4.55. The summed E-state index contributed by atoms with van der Waals surface area (Å²) in [7, 11) is 0. The van der Waals surface area contributed by atoms with Crippen molar-refractivity contribution in [2.75, 3.05) is 18.0 Å². The highest BCUT2D eigenvalue weighted by atomic mass is 16.3. The summed E-state index contributed by atoms with van der Waals surface area (Å²) in [6.07, 6.45) is 1.68. The van der Waals surface area contributed by atoms with E-state index in [1.807, 2.05) is 0 Å². The molecule has 3 N–H and O–H groups in total. The van der Waals surface area contributed by atoms with E-state index in [1.165, 1.54) is 0 Å². The molecule has 4 nitrogen and oxygen atoms in total. The van der Waals surface area contributed by atoms with Crippen LogP contribution in [0, 0.1) is 5.92 Å². The average Bonchev–Trinajstić information content (AvgIpc) is 2.77. The van der Waals surface area contributed by atoms with E-state index < -0.39 is 0 Å². The number of aromatic hydroxyl groups is 1. The van der Waals surface area contributed by atoms with Crippen LogP contribution in [0.5, 0.6) is 5.75 Å². The van der Waals surface area contributed by atoms with Crippen LogP contribution in [0.3, 0.4) is 0 Å². The minimum Gasteiger partial charge on any atom is -0.508 e. The molecule has 1 saturated heterocycles. The van der Waals surface area contributed by atoms with Gasteiger partial charge in [0.2, 0.25) is 5.91 Å². The van der Waals surface area contributed by atoms with Gasteiger partial charge in [0.25, 0.3) is 0 Å². The molecule has 0 aromatic heterocycles. The molecule has 1 aromatic rings. The number of nitrogens with zero attached hydrogens (tertiary/aromatic N) is 1. The summed E-state index contributed by atoms with van der Waals surface area (Å²) >= 11 is 0. The summed E-state index contributed by atoms with van der Waals surface area (Å²) < 4.78 is 0. The second kappa shape index (κ2) is 4.65. The fourth-order valence-corrected chi connectivity index (χ4v) is 2.27. The van der Waals surface area contributed by atoms with Crippen LogP contribution < -0.4 is 10.6 Å². The molecule has 1 aliphatic heterocycles. The lowest BCUT2D eigenvalue weighted by Crippen LogP contribution is -2.27. The Morgan fingerprint density at radius 1 is 1.53 bits per heavy atom. The van der Waals surface area contributed by atoms with Crippen LogP contribution in [0.4, 0.5) is 5.69 Å². The molecule has 92 valence electrons. The van der Waals surface area contributed by atoms with Crippen LogP contribution >= 0.6 is 0 Å². The number of phenols is 1. The van der Waals surface area contributed by atoms with E-state index in [2.05, 4.69) is 17.9 Å². The molecule has 0 saturated carbocycles. The molecular formula is C13H18N2O2. The van der Waals surface area contributed by atoms with Gasteiger partial charge in [0, 0.05) is 24.8 Å². The Balaban J connectivity index is 2.18. The fourth-order valence-electron chi connectivity index (χ4n) is 2.27. The van der Waals surface area contributed by atoms with Gasteiger partial charge < -0.3 is 15.7 Å². The van der Waals surface area contributed by atoms with Crippen LogP contribution in [0.2, 0.25) is 0 Å². The smallest absolute Gasteiger partial charge is 0.222 e. The van der Waals surface area contributed by atoms with Gasteiger partial charge in [-0.1, -0.05) is 6.92 Å². The maximum Gasteiger partial charge on any atom is 0.222 e. The van der Waals surface area contributed by atoms with Crippen molar-refractivity contribution >= 4 is 11.6 Å². The van der Waals surface area contributed by atoms with E-state index in [9.17, 15) is 9.90 Å². The average molecular weight is 234 g/mol. The SMILES string of the molecule is CCc1cc(O)cc(N2CCC(C(N)=O)C2)c1. The Morgan fingerprint density at radius 3 is 2.88 bits per heavy atom. The normalized spacial score (nSPS) is 19.6. The maximum atomic E-state index is 11.1. The molecule has 0 aliphatic carbocycles. The quantitative estimate of drug-likeness (QED) is 0.827. The zero-order chi connectivity index (χ0) is 12.4. The van der Waals surface area contributed by atoms with Crippen molar-refractivity contribution in [1.29, 1.82) is 0 Å². The largest absolute Gasteiger partial charge is 0.508 e. The van der Waals surface area contributed by atoms with Crippen LogP contribution in [0.25, 0.3) is 0 Å². The molecule has 1 amide bonds. The van der Waals surface area contributed by atoms with Gasteiger partial charge in [0.1, 0.15) is 5.75 Å². The second-order valence-corrected chi connectivity index (χ2v) is 4.55. The van der Waals surface area contributed by atoms with Gasteiger partial charge in [-0.15, -0.1) is 0 Å². The number of hydrogen-bond acceptors (Lipinski definition) is 3. The molecular weight excluding hydrogens is 216 g/mol. The number of rotatable bonds is 3. The molecule has 1 atom stereocenters. The van der Waals surface area contributed by atoms with E-state index in [1.54, 1.807) is 12.1 Å². The van der Waals surface area contributed by atoms with Gasteiger partial charge >= 0.3 is 0 Å². The number of nitrogens with two attached hydrogens (primary N) is 1. The van der Waals surface area contributed by atoms with E-state index >= 15 is 0 Å². The Labute approximate surface area is 101 Å². The van der Waals surface area contributed by atoms with Crippen LogP contribution in [-0.4, -0.2) is 24.1 Å². The highest BCUT2D eigenvalue weighted by Crippen LogP contribution is 2.28. The minimum absolute atomic E-state index is 0.0672. The predicted molar refractivity (Wildman–Crippen MR) is 67.0 cm³/mol. The number of anilines is 1. The Bertz CT molecular complexity index is 431. The number of hydrogen-bond donors (Lipinski definition) is 2. The first kappa shape index (κ1) is 11.8. The highest BCUT2D eigenvalue weighted by Gasteiger charge is 2.26. The molecule has 1 aliphatic rings. The van der Waals surface area contributed by atoms with Crippen molar-refractivity contribution in [3.63, 3.8) is 0 Å². The molecule has 2 rings (SSSR count). The van der Waals surface area contributed by atoms with Gasteiger partial charge in [0.05, 0.1) is 5.92 Å². The first-order valence-electron chi connectivity index (χ1n) is 5.97. The van der Waals surface area contributed by atoms with Crippen molar-refractivity contribution < 1.29 is 9.90 Å². The lowest BCUT2D eigenvalue weighted by molar-refractivity contribution is -0.121. The van der Waals surface area contributed by atoms with E-state index in [4.69, 9.17) is 5.73 Å². The summed E-state index contributed by atoms with van der Waals surface area (Å²) in [5.74, 6) is -0.0207. The van der Waals surface area contributed by atoms with E-state index in [0.717, 1.165) is 30.6 Å². The number of phenolic OH excluding ortho intramolecular Hbond substituents is 1. The Morgan fingerprint density at radius 2 is 2.29 bits per heavy atom. The maximum absolute atomic E-state index is 11.1. The number of aryl methyl sites for hydroxylation is 1. The molecule has 17 heavy (non-hydrogen) atoms. The molecule has 1 aromatic carbocycles. The first-order chi connectivity index (χ1) is 8.10. The molecule has 4 heteroatoms. The van der Waals surface area contributed by atoms with Crippen molar-refractivity contribution in [3.05, 3.63) is 23.8 Å². The minimum atomic E-state index is -0.233. The molecule has 0 radical (unpaired) electrons. The summed E-state index contributed by atoms with van der Waals surface area (Å²) in [6, 6.07) is 5.57. The van der Waals surface area contributed by atoms with Gasteiger partial charge in [-0.2, -0.15) is 0 Å². The third kappa shape index (κ3) is 2.52. The lowest BCUT2D eigenvalue weighted by atomic mass is 10.1. The van der Waals surface area contributed by atoms with Crippen molar-refractivity contribution in [2.45, 2.75) is 19.8 Å². The molecule has 0 bridgehead atoms. The van der Waals surface area contributed by atoms with Crippen LogP contribution in [0.1, 0.15) is 18.9 Å². The van der Waals surface area contributed by atoms with Crippen molar-refractivity contribution in [2.24, 2.45) is 11.7 Å². The van der Waals surface area contributed by atoms with E-state index in [0.29, 0.717) is 6.54 Å². The molecule has 1 unspecified atom stereocenters. The predicted octanol–water partition coefficient (Wildman–Crippen LogP) is 1.27. The molecule has 1 fully saturated rings. The summed E-state index contributed by atoms with van der Waals surface area (Å²) in [5.41, 5.74) is 7.39. The molecule has 0 spiro atoms. The van der Waals surface area contributed by atoms with Crippen LogP contribution in [0.15, 0.2) is 18.2 Å². The molecule has 1 heterocycles. The fraction of sp³-hybridized carbons (Fsp3) is 0.462. The van der Waals surface area contributed by atoms with Gasteiger partial charge in [-0.3, -0.25) is 4.79 Å². The summed E-state index contributed by atoms with van der Waals surface area (Å²) in [4.78, 5) is 13.2. The van der Waals surface area contributed by atoms with Gasteiger partial charge in [-0.25, -0.2) is 0 Å². The first-order valence-corrected chi connectivity index (χ1v) is 5.97. The summed E-state index contributed by atoms with van der Waals surface area (Å²) in [5, 5.41) is 9.64. The third-order valence-electron chi connectivity index (χ3n) is 3.33. The number of benzene rings is 1.